The van der Waals surface area contributed by atoms with Gasteiger partial charge in [-0.3, -0.25) is 0 Å². The molecule has 1 rings (SSSR count). The minimum Gasteiger partial charge on any atom is -0.0657 e. The Morgan fingerprint density at radius 1 is 0.917 bits per heavy atom. The van der Waals surface area contributed by atoms with Gasteiger partial charge in [-0.15, -0.1) is 0 Å². The second kappa shape index (κ2) is 4.79. The highest BCUT2D eigenvalue weighted by Crippen LogP contribution is 2.30. The van der Waals surface area contributed by atoms with Crippen molar-refractivity contribution in [2.45, 2.75) is 21.7 Å². The normalized spacial score (nSPS) is 11.2. The Morgan fingerprint density at radius 2 is 1.33 bits per heavy atom. The fourth-order valence-electron chi connectivity index (χ4n) is 1.03. The Bertz CT molecular complexity index is 210. The average molecular weight is 386 g/mol. The molecule has 0 fully saturated rings. The van der Waals surface area contributed by atoms with Crippen LogP contribution in [0.4, 0.5) is 0 Å². The summed E-state index contributed by atoms with van der Waals surface area (Å²) in [4.78, 5) is 0. The number of halogens is 2. The molecule has 1 aromatic rings. The fourth-order valence-corrected chi connectivity index (χ4v) is 1.86. The van der Waals surface area contributed by atoms with Crippen LogP contribution < -0.4 is 0 Å². The lowest BCUT2D eigenvalue weighted by atomic mass is 10.0. The molecule has 0 aliphatic heterocycles. The molecule has 0 heterocycles. The van der Waals surface area contributed by atoms with Gasteiger partial charge in [0.25, 0.3) is 0 Å². The molecule has 0 nitrogen and oxygen atoms in total. The van der Waals surface area contributed by atoms with Gasteiger partial charge in [0.15, 0.2) is 0 Å². The van der Waals surface area contributed by atoms with Crippen molar-refractivity contribution in [3.8, 4) is 0 Å². The largest absolute Gasteiger partial charge is 0.0874 e. The predicted molar refractivity (Wildman–Crippen MR) is 71.3 cm³/mol. The van der Waals surface area contributed by atoms with Gasteiger partial charge in [0.2, 0.25) is 0 Å². The summed E-state index contributed by atoms with van der Waals surface area (Å²) in [6.07, 6.45) is 0. The number of benzene rings is 1. The molecule has 0 aliphatic carbocycles. The summed E-state index contributed by atoms with van der Waals surface area (Å²) in [6, 6.07) is 8.90. The summed E-state index contributed by atoms with van der Waals surface area (Å²) in [5.41, 5.74) is 2.83. The van der Waals surface area contributed by atoms with E-state index in [2.05, 4.69) is 83.3 Å². The van der Waals surface area contributed by atoms with E-state index in [0.29, 0.717) is 7.85 Å². The van der Waals surface area contributed by atoms with Gasteiger partial charge in [-0.1, -0.05) is 83.3 Å². The maximum atomic E-state index is 2.42. The minimum absolute atomic E-state index is 0.585. The van der Waals surface area contributed by atoms with Crippen molar-refractivity contribution >= 4 is 45.2 Å². The van der Waals surface area contributed by atoms with Gasteiger partial charge in [0, 0.05) is 0 Å². The Balaban J connectivity index is 2.86. The van der Waals surface area contributed by atoms with Gasteiger partial charge in [-0.2, -0.15) is 0 Å². The molecule has 0 N–H and O–H groups in total. The van der Waals surface area contributed by atoms with E-state index >= 15 is 0 Å². The first kappa shape index (κ1) is 10.8. The molecule has 66 valence electrons. The minimum atomic E-state index is 0.585. The number of rotatable bonds is 2. The van der Waals surface area contributed by atoms with Gasteiger partial charge in [0.1, 0.15) is 0 Å². The molecule has 0 aromatic heterocycles. The lowest BCUT2D eigenvalue weighted by Crippen LogP contribution is -1.87. The zero-order valence-electron chi connectivity index (χ0n) is 7.22. The summed E-state index contributed by atoms with van der Waals surface area (Å²) >= 11 is 4.85. The maximum Gasteiger partial charge on any atom is 0.0874 e. The van der Waals surface area contributed by atoms with E-state index in [1.807, 2.05) is 0 Å². The third-order valence-electron chi connectivity index (χ3n) is 1.86. The highest BCUT2D eigenvalue weighted by molar-refractivity contribution is 14.2. The molecule has 0 spiro atoms. The van der Waals surface area contributed by atoms with Crippen LogP contribution in [0.1, 0.15) is 32.8 Å². The number of hydrogen-bond acceptors (Lipinski definition) is 0. The second-order valence-electron chi connectivity index (χ2n) is 3.12. The highest BCUT2D eigenvalue weighted by atomic mass is 127. The van der Waals surface area contributed by atoms with Gasteiger partial charge in [0.05, 0.1) is 1.93 Å². The maximum absolute atomic E-state index is 2.42. The Hall–Kier alpha value is 0.680. The van der Waals surface area contributed by atoms with Crippen molar-refractivity contribution in [3.05, 3.63) is 35.4 Å². The molecule has 0 aliphatic rings. The van der Waals surface area contributed by atoms with E-state index in [0.717, 1.165) is 0 Å². The van der Waals surface area contributed by atoms with Crippen molar-refractivity contribution in [3.63, 3.8) is 0 Å². The van der Waals surface area contributed by atoms with Crippen molar-refractivity contribution < 1.29 is 0 Å². The predicted octanol–water partition coefficient (Wildman–Crippen LogP) is 4.68. The molecule has 0 bridgehead atoms. The van der Waals surface area contributed by atoms with E-state index in [1.165, 1.54) is 11.1 Å². The first-order chi connectivity index (χ1) is 5.61. The van der Waals surface area contributed by atoms with Crippen LogP contribution in [0.2, 0.25) is 0 Å². The van der Waals surface area contributed by atoms with Gasteiger partial charge >= 0.3 is 0 Å². The highest BCUT2D eigenvalue weighted by Gasteiger charge is 2.02. The Labute approximate surface area is 101 Å². The van der Waals surface area contributed by atoms with Crippen LogP contribution in [0.25, 0.3) is 0 Å². The standard InChI is InChI=1S/C10H12I2/c1-7(2)8-3-5-9(6-4-8)10(11)12/h3-7,10H,1-2H3. The molecule has 2 heteroatoms. The SMILES string of the molecule is CC(C)c1ccc(C(I)I)cc1. The lowest BCUT2D eigenvalue weighted by Gasteiger charge is -2.07. The molecule has 0 amide bonds. The Kier molecular flexibility index (Phi) is 4.29. The van der Waals surface area contributed by atoms with Crippen molar-refractivity contribution in [1.82, 2.24) is 0 Å². The van der Waals surface area contributed by atoms with Crippen molar-refractivity contribution in [1.29, 1.82) is 0 Å². The molecule has 0 atom stereocenters. The summed E-state index contributed by atoms with van der Waals surface area (Å²) < 4.78 is 0.585. The quantitative estimate of drug-likeness (QED) is 0.512. The van der Waals surface area contributed by atoms with Crippen molar-refractivity contribution in [2.24, 2.45) is 0 Å². The fraction of sp³-hybridized carbons (Fsp3) is 0.400. The molecular weight excluding hydrogens is 374 g/mol. The molecule has 0 unspecified atom stereocenters. The van der Waals surface area contributed by atoms with E-state index in [1.54, 1.807) is 0 Å². The Morgan fingerprint density at radius 3 is 1.67 bits per heavy atom. The zero-order chi connectivity index (χ0) is 9.14. The van der Waals surface area contributed by atoms with Crippen LogP contribution in [0.3, 0.4) is 0 Å². The number of alkyl halides is 2. The van der Waals surface area contributed by atoms with Crippen LogP contribution in [0, 0.1) is 0 Å². The molecular formula is C10H12I2. The third-order valence-corrected chi connectivity index (χ3v) is 3.29. The third kappa shape index (κ3) is 2.87. The summed E-state index contributed by atoms with van der Waals surface area (Å²) in [6.45, 7) is 4.45. The monoisotopic (exact) mass is 386 g/mol. The first-order valence-corrected chi connectivity index (χ1v) is 6.48. The van der Waals surface area contributed by atoms with E-state index in [-0.39, 0.29) is 0 Å². The topological polar surface area (TPSA) is 0 Å². The van der Waals surface area contributed by atoms with E-state index in [4.69, 9.17) is 0 Å². The average Bonchev–Trinajstić information content (AvgIpc) is 2.04. The second-order valence-corrected chi connectivity index (χ2v) is 8.00. The van der Waals surface area contributed by atoms with Crippen molar-refractivity contribution in [2.75, 3.05) is 0 Å². The van der Waals surface area contributed by atoms with Gasteiger partial charge < -0.3 is 0 Å². The van der Waals surface area contributed by atoms with Crippen LogP contribution in [0.5, 0.6) is 0 Å². The number of hydrogen-bond donors (Lipinski definition) is 0. The van der Waals surface area contributed by atoms with Gasteiger partial charge in [-0.05, 0) is 17.0 Å². The smallest absolute Gasteiger partial charge is 0.0657 e. The zero-order valence-corrected chi connectivity index (χ0v) is 11.5. The first-order valence-electron chi connectivity index (χ1n) is 3.99. The summed E-state index contributed by atoms with van der Waals surface area (Å²) in [5, 5.41) is 0. The van der Waals surface area contributed by atoms with E-state index < -0.39 is 0 Å². The molecule has 0 radical (unpaired) electrons. The summed E-state index contributed by atoms with van der Waals surface area (Å²) in [5.74, 6) is 0.640. The van der Waals surface area contributed by atoms with Gasteiger partial charge in [-0.25, -0.2) is 0 Å². The lowest BCUT2D eigenvalue weighted by molar-refractivity contribution is 0.866. The van der Waals surface area contributed by atoms with Crippen LogP contribution in [-0.4, -0.2) is 0 Å². The van der Waals surface area contributed by atoms with Crippen LogP contribution in [-0.2, 0) is 0 Å². The molecule has 12 heavy (non-hydrogen) atoms. The van der Waals surface area contributed by atoms with E-state index in [9.17, 15) is 0 Å². The van der Waals surface area contributed by atoms with Crippen LogP contribution >= 0.6 is 45.2 Å². The summed E-state index contributed by atoms with van der Waals surface area (Å²) in [7, 11) is 0. The molecule has 0 saturated carbocycles. The molecule has 1 aromatic carbocycles. The van der Waals surface area contributed by atoms with Crippen LogP contribution in [0.15, 0.2) is 24.3 Å². The molecule has 0 saturated heterocycles.